The quantitative estimate of drug-likeness (QED) is 0.658. The Hall–Kier alpha value is -0.0800. The fourth-order valence-electron chi connectivity index (χ4n) is 2.02. The van der Waals surface area contributed by atoms with Gasteiger partial charge in [-0.15, -0.1) is 0 Å². The topological polar surface area (TPSA) is 32.3 Å². The van der Waals surface area contributed by atoms with E-state index in [1.165, 1.54) is 19.3 Å². The predicted octanol–water partition coefficient (Wildman–Crippen LogP) is 2.17. The minimum atomic E-state index is 0.129. The second-order valence-electron chi connectivity index (χ2n) is 4.79. The highest BCUT2D eigenvalue weighted by Gasteiger charge is 2.25. The van der Waals surface area contributed by atoms with Crippen LogP contribution in [0.3, 0.4) is 0 Å². The summed E-state index contributed by atoms with van der Waals surface area (Å²) in [6.07, 6.45) is 6.35. The second kappa shape index (κ2) is 5.72. The van der Waals surface area contributed by atoms with Crippen LogP contribution in [-0.4, -0.2) is 24.8 Å². The van der Waals surface area contributed by atoms with Gasteiger partial charge in [0.1, 0.15) is 0 Å². The summed E-state index contributed by atoms with van der Waals surface area (Å²) in [6.45, 7) is 6.79. The van der Waals surface area contributed by atoms with E-state index in [4.69, 9.17) is 0 Å². The number of aliphatic hydroxyl groups excluding tert-OH is 1. The van der Waals surface area contributed by atoms with Gasteiger partial charge in [-0.2, -0.15) is 0 Å². The van der Waals surface area contributed by atoms with Crippen LogP contribution in [0.2, 0.25) is 0 Å². The molecule has 0 spiro atoms. The monoisotopic (exact) mass is 199 g/mol. The molecule has 0 heterocycles. The van der Waals surface area contributed by atoms with Crippen molar-refractivity contribution in [3.05, 3.63) is 0 Å². The first-order valence-corrected chi connectivity index (χ1v) is 6.08. The molecule has 0 atom stereocenters. The third-order valence-electron chi connectivity index (χ3n) is 3.99. The molecule has 1 saturated carbocycles. The number of rotatable bonds is 7. The smallest absolute Gasteiger partial charge is 0.0499 e. The average molecular weight is 199 g/mol. The molecule has 0 aliphatic heterocycles. The first-order valence-electron chi connectivity index (χ1n) is 6.08. The van der Waals surface area contributed by atoms with Crippen molar-refractivity contribution in [3.8, 4) is 0 Å². The van der Waals surface area contributed by atoms with Crippen LogP contribution in [0.1, 0.15) is 46.0 Å². The van der Waals surface area contributed by atoms with Crippen LogP contribution in [0.4, 0.5) is 0 Å². The summed E-state index contributed by atoms with van der Waals surface area (Å²) >= 11 is 0. The van der Waals surface area contributed by atoms with Gasteiger partial charge in [0.25, 0.3) is 0 Å². The van der Waals surface area contributed by atoms with Gasteiger partial charge in [0, 0.05) is 18.6 Å². The normalized spacial score (nSPS) is 18.2. The van der Waals surface area contributed by atoms with E-state index in [-0.39, 0.29) is 5.41 Å². The van der Waals surface area contributed by atoms with Gasteiger partial charge in [-0.25, -0.2) is 0 Å². The molecule has 0 aromatic heterocycles. The van der Waals surface area contributed by atoms with Gasteiger partial charge in [-0.1, -0.05) is 20.3 Å². The summed E-state index contributed by atoms with van der Waals surface area (Å²) in [4.78, 5) is 0. The molecule has 14 heavy (non-hydrogen) atoms. The summed E-state index contributed by atoms with van der Waals surface area (Å²) in [5.74, 6) is 0.917. The van der Waals surface area contributed by atoms with E-state index >= 15 is 0 Å². The Bertz CT molecular complexity index is 142. The molecule has 1 aliphatic rings. The first kappa shape index (κ1) is 12.0. The fourth-order valence-corrected chi connectivity index (χ4v) is 2.02. The van der Waals surface area contributed by atoms with Crippen molar-refractivity contribution in [2.24, 2.45) is 11.3 Å². The lowest BCUT2D eigenvalue weighted by molar-refractivity contribution is 0.110. The highest BCUT2D eigenvalue weighted by Crippen LogP contribution is 2.27. The predicted molar refractivity (Wildman–Crippen MR) is 60.3 cm³/mol. The van der Waals surface area contributed by atoms with Crippen molar-refractivity contribution in [3.63, 3.8) is 0 Å². The van der Waals surface area contributed by atoms with E-state index in [1.54, 1.807) is 0 Å². The Balaban J connectivity index is 2.17. The van der Waals surface area contributed by atoms with Crippen LogP contribution in [0.25, 0.3) is 0 Å². The lowest BCUT2D eigenvalue weighted by Gasteiger charge is -2.32. The van der Waals surface area contributed by atoms with E-state index in [9.17, 15) is 5.11 Å². The molecule has 0 aromatic carbocycles. The molecule has 2 heteroatoms. The fraction of sp³-hybridized carbons (Fsp3) is 1.00. The van der Waals surface area contributed by atoms with E-state index in [1.807, 2.05) is 0 Å². The van der Waals surface area contributed by atoms with Gasteiger partial charge < -0.3 is 10.4 Å². The van der Waals surface area contributed by atoms with Crippen molar-refractivity contribution in [2.45, 2.75) is 46.0 Å². The summed E-state index contributed by atoms with van der Waals surface area (Å²) in [7, 11) is 0. The molecule has 0 amide bonds. The van der Waals surface area contributed by atoms with Crippen molar-refractivity contribution < 1.29 is 5.11 Å². The minimum Gasteiger partial charge on any atom is -0.396 e. The van der Waals surface area contributed by atoms with Crippen molar-refractivity contribution in [2.75, 3.05) is 19.7 Å². The van der Waals surface area contributed by atoms with E-state index in [0.717, 1.165) is 31.8 Å². The van der Waals surface area contributed by atoms with E-state index < -0.39 is 0 Å². The number of nitrogens with one attached hydrogen (secondary N) is 1. The lowest BCUT2D eigenvalue weighted by atomic mass is 9.82. The molecule has 1 aliphatic carbocycles. The molecule has 2 N–H and O–H groups in total. The maximum Gasteiger partial charge on any atom is 0.0499 e. The van der Waals surface area contributed by atoms with Crippen molar-refractivity contribution in [1.29, 1.82) is 0 Å². The van der Waals surface area contributed by atoms with Crippen LogP contribution >= 0.6 is 0 Å². The molecule has 0 saturated heterocycles. The second-order valence-corrected chi connectivity index (χ2v) is 4.79. The Kier molecular flexibility index (Phi) is 4.90. The molecule has 84 valence electrons. The van der Waals surface area contributed by atoms with E-state index in [2.05, 4.69) is 19.2 Å². The Morgan fingerprint density at radius 1 is 1.29 bits per heavy atom. The zero-order chi connectivity index (χ0) is 10.4. The SMILES string of the molecule is CCC(CC)(CO)CNCC1CCC1. The molecule has 2 nitrogen and oxygen atoms in total. The standard InChI is InChI=1S/C12H25NO/c1-3-12(4-2,10-14)9-13-8-11-6-5-7-11/h11,13-14H,3-10H2,1-2H3. The van der Waals surface area contributed by atoms with Crippen LogP contribution in [0.5, 0.6) is 0 Å². The third-order valence-corrected chi connectivity index (χ3v) is 3.99. The van der Waals surface area contributed by atoms with Gasteiger partial charge in [-0.3, -0.25) is 0 Å². The summed E-state index contributed by atoms with van der Waals surface area (Å²) in [6, 6.07) is 0. The molecule has 0 radical (unpaired) electrons. The lowest BCUT2D eigenvalue weighted by Crippen LogP contribution is -2.39. The maximum atomic E-state index is 9.37. The molecular weight excluding hydrogens is 174 g/mol. The highest BCUT2D eigenvalue weighted by atomic mass is 16.3. The van der Waals surface area contributed by atoms with Gasteiger partial charge in [0.05, 0.1) is 0 Å². The molecular formula is C12H25NO. The van der Waals surface area contributed by atoms with Crippen LogP contribution in [0.15, 0.2) is 0 Å². The largest absolute Gasteiger partial charge is 0.396 e. The van der Waals surface area contributed by atoms with Crippen LogP contribution in [0, 0.1) is 11.3 Å². The molecule has 1 rings (SSSR count). The molecule has 1 fully saturated rings. The average Bonchev–Trinajstić information content (AvgIpc) is 2.17. The maximum absolute atomic E-state index is 9.37. The summed E-state index contributed by atoms with van der Waals surface area (Å²) < 4.78 is 0. The Morgan fingerprint density at radius 3 is 2.29 bits per heavy atom. The first-order chi connectivity index (χ1) is 6.76. The summed E-state index contributed by atoms with van der Waals surface area (Å²) in [5, 5.41) is 12.9. The van der Waals surface area contributed by atoms with Gasteiger partial charge in [-0.05, 0) is 38.1 Å². The van der Waals surface area contributed by atoms with Crippen LogP contribution in [-0.2, 0) is 0 Å². The number of hydrogen-bond acceptors (Lipinski definition) is 2. The number of aliphatic hydroxyl groups is 1. The van der Waals surface area contributed by atoms with Crippen molar-refractivity contribution >= 4 is 0 Å². The number of hydrogen-bond donors (Lipinski definition) is 2. The van der Waals surface area contributed by atoms with Crippen molar-refractivity contribution in [1.82, 2.24) is 5.32 Å². The molecule has 0 aromatic rings. The Morgan fingerprint density at radius 2 is 1.93 bits per heavy atom. The van der Waals surface area contributed by atoms with Gasteiger partial charge in [0.2, 0.25) is 0 Å². The van der Waals surface area contributed by atoms with Crippen LogP contribution < -0.4 is 5.32 Å². The van der Waals surface area contributed by atoms with Gasteiger partial charge in [0.15, 0.2) is 0 Å². The highest BCUT2D eigenvalue weighted by molar-refractivity contribution is 4.80. The zero-order valence-corrected chi connectivity index (χ0v) is 9.68. The van der Waals surface area contributed by atoms with E-state index in [0.29, 0.717) is 6.61 Å². The third kappa shape index (κ3) is 2.96. The molecule has 0 unspecified atom stereocenters. The molecule has 0 bridgehead atoms. The van der Waals surface area contributed by atoms with Gasteiger partial charge >= 0.3 is 0 Å². The Labute approximate surface area is 88.1 Å². The summed E-state index contributed by atoms with van der Waals surface area (Å²) in [5.41, 5.74) is 0.129. The zero-order valence-electron chi connectivity index (χ0n) is 9.68. The minimum absolute atomic E-state index is 0.129.